The van der Waals surface area contributed by atoms with Gasteiger partial charge in [0.05, 0.1) is 6.10 Å². The number of rotatable bonds is 7. The molecule has 0 aromatic rings. The first-order valence-electron chi connectivity index (χ1n) is 9.95. The second-order valence-electron chi connectivity index (χ2n) is 8.96. The molecule has 2 atom stereocenters. The second-order valence-corrected chi connectivity index (χ2v) is 8.96. The number of hydrogen-bond donors (Lipinski definition) is 2. The third-order valence-electron chi connectivity index (χ3n) is 5.94. The molecule has 0 spiro atoms. The fraction of sp³-hybridized carbons (Fsp3) is 0.950. The van der Waals surface area contributed by atoms with Crippen molar-refractivity contribution in [1.82, 2.24) is 10.6 Å². The smallest absolute Gasteiger partial charge is 0.191 e. The summed E-state index contributed by atoms with van der Waals surface area (Å²) in [6.45, 7) is 10.5. The summed E-state index contributed by atoms with van der Waals surface area (Å²) in [6, 6.07) is 0. The molecule has 0 amide bonds. The van der Waals surface area contributed by atoms with Gasteiger partial charge in [0, 0.05) is 46.4 Å². The largest absolute Gasteiger partial charge is 0.385 e. The highest BCUT2D eigenvalue weighted by atomic mass is 127. The quantitative estimate of drug-likeness (QED) is 0.330. The lowest BCUT2D eigenvalue weighted by atomic mass is 9.67. The van der Waals surface area contributed by atoms with E-state index in [0.717, 1.165) is 45.1 Å². The highest BCUT2D eigenvalue weighted by Gasteiger charge is 2.37. The zero-order chi connectivity index (χ0) is 18.3. The molecule has 1 aliphatic heterocycles. The molecule has 0 bridgehead atoms. The number of hydrogen-bond acceptors (Lipinski definition) is 3. The fourth-order valence-electron chi connectivity index (χ4n) is 4.24. The van der Waals surface area contributed by atoms with Gasteiger partial charge < -0.3 is 20.1 Å². The summed E-state index contributed by atoms with van der Waals surface area (Å²) in [5.41, 5.74) is 0.579. The lowest BCUT2D eigenvalue weighted by Crippen LogP contribution is -2.50. The molecule has 2 N–H and O–H groups in total. The van der Waals surface area contributed by atoms with Gasteiger partial charge in [-0.05, 0) is 42.9 Å². The maximum Gasteiger partial charge on any atom is 0.191 e. The molecule has 6 heteroatoms. The van der Waals surface area contributed by atoms with Crippen molar-refractivity contribution < 1.29 is 9.47 Å². The van der Waals surface area contributed by atoms with Crippen molar-refractivity contribution in [2.24, 2.45) is 21.7 Å². The van der Waals surface area contributed by atoms with E-state index in [1.807, 2.05) is 7.05 Å². The summed E-state index contributed by atoms with van der Waals surface area (Å²) in [5, 5.41) is 7.10. The van der Waals surface area contributed by atoms with Crippen molar-refractivity contribution in [3.8, 4) is 0 Å². The molecule has 2 fully saturated rings. The summed E-state index contributed by atoms with van der Waals surface area (Å²) in [6.07, 6.45) is 7.76. The highest BCUT2D eigenvalue weighted by molar-refractivity contribution is 14.0. The maximum atomic E-state index is 6.09. The molecule has 2 unspecified atom stereocenters. The van der Waals surface area contributed by atoms with Crippen LogP contribution in [0.25, 0.3) is 0 Å². The number of aliphatic imine (C=N–C) groups is 1. The minimum Gasteiger partial charge on any atom is -0.385 e. The summed E-state index contributed by atoms with van der Waals surface area (Å²) in [7, 11) is 3.65. The van der Waals surface area contributed by atoms with Crippen LogP contribution in [0.15, 0.2) is 4.99 Å². The Morgan fingerprint density at radius 2 is 1.96 bits per heavy atom. The first-order chi connectivity index (χ1) is 11.9. The maximum absolute atomic E-state index is 6.09. The van der Waals surface area contributed by atoms with Gasteiger partial charge >= 0.3 is 0 Å². The van der Waals surface area contributed by atoms with Crippen LogP contribution in [0.5, 0.6) is 0 Å². The van der Waals surface area contributed by atoms with Crippen molar-refractivity contribution in [2.45, 2.75) is 65.4 Å². The van der Waals surface area contributed by atoms with Crippen molar-refractivity contribution in [3.05, 3.63) is 0 Å². The Balaban J connectivity index is 0.00000338. The third kappa shape index (κ3) is 6.82. The first-order valence-corrected chi connectivity index (χ1v) is 9.95. The Hall–Kier alpha value is -0.0800. The minimum absolute atomic E-state index is 0. The van der Waals surface area contributed by atoms with Crippen LogP contribution >= 0.6 is 24.0 Å². The van der Waals surface area contributed by atoms with Gasteiger partial charge in [-0.25, -0.2) is 0 Å². The first kappa shape index (κ1) is 24.0. The van der Waals surface area contributed by atoms with Crippen LogP contribution in [0.3, 0.4) is 0 Å². The van der Waals surface area contributed by atoms with E-state index >= 15 is 0 Å². The fourth-order valence-corrected chi connectivity index (χ4v) is 4.24. The van der Waals surface area contributed by atoms with Crippen LogP contribution in [0.2, 0.25) is 0 Å². The number of methoxy groups -OCH3 is 1. The van der Waals surface area contributed by atoms with Gasteiger partial charge in [-0.3, -0.25) is 4.99 Å². The van der Waals surface area contributed by atoms with Gasteiger partial charge in [0.1, 0.15) is 0 Å². The van der Waals surface area contributed by atoms with E-state index in [9.17, 15) is 0 Å². The number of nitrogens with zero attached hydrogens (tertiary/aromatic N) is 1. The normalized spacial score (nSPS) is 25.8. The summed E-state index contributed by atoms with van der Waals surface area (Å²) < 4.78 is 11.4. The van der Waals surface area contributed by atoms with E-state index in [-0.39, 0.29) is 29.4 Å². The number of ether oxygens (including phenoxy) is 2. The molecular weight excluding hydrogens is 441 g/mol. The van der Waals surface area contributed by atoms with Gasteiger partial charge in [-0.2, -0.15) is 0 Å². The molecule has 2 rings (SSSR count). The van der Waals surface area contributed by atoms with Crippen LogP contribution in [0.1, 0.15) is 59.3 Å². The molecule has 26 heavy (non-hydrogen) atoms. The predicted octanol–water partition coefficient (Wildman–Crippen LogP) is 3.82. The SMILES string of the molecule is CN=C(NCC1CCCOC1C(C)(C)C)NCC1(CCOC)CCC1.I. The monoisotopic (exact) mass is 481 g/mol. The van der Waals surface area contributed by atoms with Crippen molar-refractivity contribution in [2.75, 3.05) is 40.5 Å². The van der Waals surface area contributed by atoms with E-state index in [1.165, 1.54) is 25.7 Å². The topological polar surface area (TPSA) is 54.9 Å². The molecule has 0 aromatic carbocycles. The Bertz CT molecular complexity index is 433. The van der Waals surface area contributed by atoms with Gasteiger partial charge in [0.15, 0.2) is 5.96 Å². The number of halogens is 1. The minimum atomic E-state index is 0. The number of guanidine groups is 1. The molecule has 0 radical (unpaired) electrons. The van der Waals surface area contributed by atoms with Crippen LogP contribution in [0, 0.1) is 16.7 Å². The van der Waals surface area contributed by atoms with E-state index in [0.29, 0.717) is 17.4 Å². The van der Waals surface area contributed by atoms with Gasteiger partial charge in [-0.15, -0.1) is 24.0 Å². The predicted molar refractivity (Wildman–Crippen MR) is 119 cm³/mol. The van der Waals surface area contributed by atoms with E-state index < -0.39 is 0 Å². The molecular formula is C20H40IN3O2. The van der Waals surface area contributed by atoms with Gasteiger partial charge in [0.25, 0.3) is 0 Å². The van der Waals surface area contributed by atoms with Crippen LogP contribution in [0.4, 0.5) is 0 Å². The van der Waals surface area contributed by atoms with Crippen LogP contribution in [-0.2, 0) is 9.47 Å². The third-order valence-corrected chi connectivity index (χ3v) is 5.94. The summed E-state index contributed by atoms with van der Waals surface area (Å²) in [5.74, 6) is 1.46. The van der Waals surface area contributed by atoms with E-state index in [4.69, 9.17) is 9.47 Å². The van der Waals surface area contributed by atoms with Crippen molar-refractivity contribution >= 4 is 29.9 Å². The van der Waals surface area contributed by atoms with Crippen LogP contribution < -0.4 is 10.6 Å². The van der Waals surface area contributed by atoms with Gasteiger partial charge in [-0.1, -0.05) is 27.2 Å². The average molecular weight is 481 g/mol. The Morgan fingerprint density at radius 1 is 1.23 bits per heavy atom. The second kappa shape index (κ2) is 11.1. The Morgan fingerprint density at radius 3 is 2.50 bits per heavy atom. The molecule has 1 aliphatic carbocycles. The van der Waals surface area contributed by atoms with E-state index in [2.05, 4.69) is 36.4 Å². The van der Waals surface area contributed by atoms with E-state index in [1.54, 1.807) is 7.11 Å². The highest BCUT2D eigenvalue weighted by Crippen LogP contribution is 2.43. The number of nitrogens with one attached hydrogen (secondary N) is 2. The molecule has 5 nitrogen and oxygen atoms in total. The zero-order valence-electron chi connectivity index (χ0n) is 17.4. The molecule has 1 heterocycles. The summed E-state index contributed by atoms with van der Waals surface area (Å²) in [4.78, 5) is 4.42. The molecule has 1 saturated heterocycles. The van der Waals surface area contributed by atoms with Crippen LogP contribution in [-0.4, -0.2) is 52.5 Å². The molecule has 0 aromatic heterocycles. The molecule has 1 saturated carbocycles. The van der Waals surface area contributed by atoms with Crippen molar-refractivity contribution in [3.63, 3.8) is 0 Å². The Labute approximate surface area is 177 Å². The average Bonchev–Trinajstić information content (AvgIpc) is 2.55. The van der Waals surface area contributed by atoms with Gasteiger partial charge in [0.2, 0.25) is 0 Å². The molecule has 154 valence electrons. The summed E-state index contributed by atoms with van der Waals surface area (Å²) >= 11 is 0. The van der Waals surface area contributed by atoms with Crippen molar-refractivity contribution in [1.29, 1.82) is 0 Å². The standard InChI is InChI=1S/C20H39N3O2.HI/c1-19(2,3)17-16(8-6-12-25-17)14-22-18(21-4)23-15-20(9-7-10-20)11-13-24-5;/h16-17H,6-15H2,1-5H3,(H2,21,22,23);1H. The zero-order valence-corrected chi connectivity index (χ0v) is 19.7. The lowest BCUT2D eigenvalue weighted by molar-refractivity contribution is -0.0835. The molecule has 2 aliphatic rings. The lowest BCUT2D eigenvalue weighted by Gasteiger charge is -2.42. The Kier molecular flexibility index (Phi) is 10.2.